The largest absolute Gasteiger partial charge is 0.456 e. The van der Waals surface area contributed by atoms with E-state index in [0.717, 1.165) is 55.6 Å². The summed E-state index contributed by atoms with van der Waals surface area (Å²) >= 11 is 0. The van der Waals surface area contributed by atoms with Crippen LogP contribution in [0.5, 0.6) is 0 Å². The molecule has 0 fully saturated rings. The highest BCUT2D eigenvalue weighted by molar-refractivity contribution is 6.06. The van der Waals surface area contributed by atoms with Crippen LogP contribution in [0.25, 0.3) is 49.5 Å². The van der Waals surface area contributed by atoms with Crippen molar-refractivity contribution in [2.45, 2.75) is 19.3 Å². The molecule has 0 N–H and O–H groups in total. The summed E-state index contributed by atoms with van der Waals surface area (Å²) in [5, 5.41) is 8.57. The molecule has 3 aromatic heterocycles. The Hall–Kier alpha value is -5.35. The quantitative estimate of drug-likeness (QED) is 0.223. The van der Waals surface area contributed by atoms with Crippen molar-refractivity contribution in [3.05, 3.63) is 139 Å². The Kier molecular flexibility index (Phi) is 4.64. The molecule has 0 unspecified atom stereocenters. The first-order valence-electron chi connectivity index (χ1n) is 14.4. The highest BCUT2D eigenvalue weighted by atomic mass is 16.3. The lowest BCUT2D eigenvalue weighted by molar-refractivity contribution is 0.660. The minimum absolute atomic E-state index is 0.0497. The van der Waals surface area contributed by atoms with Gasteiger partial charge < -0.3 is 4.42 Å². The monoisotopic (exact) mass is 541 g/mol. The van der Waals surface area contributed by atoms with Crippen LogP contribution in [0.4, 0.5) is 17.2 Å². The molecule has 0 amide bonds. The first-order valence-corrected chi connectivity index (χ1v) is 14.4. The third kappa shape index (κ3) is 3.20. The Labute approximate surface area is 243 Å². The van der Waals surface area contributed by atoms with Crippen molar-refractivity contribution in [3.8, 4) is 11.1 Å². The van der Waals surface area contributed by atoms with E-state index in [4.69, 9.17) is 9.52 Å². The van der Waals surface area contributed by atoms with Gasteiger partial charge in [0, 0.05) is 39.0 Å². The molecule has 1 aliphatic rings. The molecule has 0 atom stereocenters. The summed E-state index contributed by atoms with van der Waals surface area (Å²) in [6.45, 7) is 4.64. The lowest BCUT2D eigenvalue weighted by Gasteiger charge is -2.25. The fourth-order valence-corrected chi connectivity index (χ4v) is 6.91. The summed E-state index contributed by atoms with van der Waals surface area (Å²) in [5.74, 6) is 0.865. The van der Waals surface area contributed by atoms with Crippen molar-refractivity contribution in [2.75, 3.05) is 4.90 Å². The lowest BCUT2D eigenvalue weighted by atomic mass is 9.82. The maximum atomic E-state index is 6.18. The minimum Gasteiger partial charge on any atom is -0.456 e. The third-order valence-corrected chi connectivity index (χ3v) is 9.00. The number of hydrogen-bond acceptors (Lipinski definition) is 3. The summed E-state index contributed by atoms with van der Waals surface area (Å²) < 4.78 is 8.23. The Bertz CT molecular complexity index is 2350. The fourth-order valence-electron chi connectivity index (χ4n) is 6.91. The molecule has 0 radical (unpaired) electrons. The molecule has 4 nitrogen and oxygen atoms in total. The molecule has 0 saturated heterocycles. The molecule has 0 spiro atoms. The summed E-state index contributed by atoms with van der Waals surface area (Å²) in [5.41, 5.74) is 11.3. The Morgan fingerprint density at radius 3 is 2.31 bits per heavy atom. The Morgan fingerprint density at radius 2 is 1.36 bits per heavy atom. The highest BCUT2D eigenvalue weighted by Crippen LogP contribution is 2.50. The second-order valence-electron chi connectivity index (χ2n) is 11.7. The summed E-state index contributed by atoms with van der Waals surface area (Å²) in [7, 11) is 0. The standard InChI is InChI=1S/C38H27N3O/c1-38(2)32-12-6-4-10-28(32)30-21-25(17-19-33(30)38)40(26-18-20-36-31(22-26)29-11-5-8-14-35(29)42-36)37-23-27-16-15-24-9-3-7-13-34(24)41(27)39-37/h3-23H,1-2H3. The predicted octanol–water partition coefficient (Wildman–Crippen LogP) is 10.2. The summed E-state index contributed by atoms with van der Waals surface area (Å²) in [4.78, 5) is 2.28. The van der Waals surface area contributed by atoms with Crippen LogP contribution in [0, 0.1) is 0 Å². The maximum absolute atomic E-state index is 6.18. The van der Waals surface area contributed by atoms with Crippen LogP contribution in [-0.4, -0.2) is 9.61 Å². The van der Waals surface area contributed by atoms with Crippen LogP contribution < -0.4 is 4.90 Å². The van der Waals surface area contributed by atoms with E-state index >= 15 is 0 Å². The number of furan rings is 1. The van der Waals surface area contributed by atoms with Crippen LogP contribution in [0.1, 0.15) is 25.0 Å². The van der Waals surface area contributed by atoms with Gasteiger partial charge in [-0.2, -0.15) is 0 Å². The van der Waals surface area contributed by atoms with E-state index in [1.54, 1.807) is 0 Å². The number of anilines is 3. The van der Waals surface area contributed by atoms with Gasteiger partial charge in [0.15, 0.2) is 5.82 Å². The molecule has 3 heterocycles. The van der Waals surface area contributed by atoms with E-state index in [1.807, 2.05) is 12.1 Å². The number of para-hydroxylation sites is 2. The van der Waals surface area contributed by atoms with Crippen molar-refractivity contribution in [3.63, 3.8) is 0 Å². The number of benzene rings is 5. The molecule has 5 aromatic carbocycles. The van der Waals surface area contributed by atoms with Crippen molar-refractivity contribution < 1.29 is 4.42 Å². The average molecular weight is 542 g/mol. The van der Waals surface area contributed by atoms with Gasteiger partial charge >= 0.3 is 0 Å². The van der Waals surface area contributed by atoms with Gasteiger partial charge in [-0.15, -0.1) is 5.10 Å². The van der Waals surface area contributed by atoms with Gasteiger partial charge in [0.25, 0.3) is 0 Å². The second kappa shape index (κ2) is 8.34. The van der Waals surface area contributed by atoms with Gasteiger partial charge in [-0.25, -0.2) is 4.52 Å². The molecule has 9 rings (SSSR count). The summed E-state index contributed by atoms with van der Waals surface area (Å²) in [6.07, 6.45) is 0. The molecule has 0 saturated carbocycles. The molecule has 8 aromatic rings. The molecular weight excluding hydrogens is 514 g/mol. The first-order chi connectivity index (χ1) is 20.6. The van der Waals surface area contributed by atoms with E-state index in [1.165, 1.54) is 22.3 Å². The lowest BCUT2D eigenvalue weighted by Crippen LogP contribution is -2.15. The van der Waals surface area contributed by atoms with Gasteiger partial charge in [-0.05, 0) is 70.8 Å². The highest BCUT2D eigenvalue weighted by Gasteiger charge is 2.35. The maximum Gasteiger partial charge on any atom is 0.160 e. The first kappa shape index (κ1) is 23.4. The van der Waals surface area contributed by atoms with Crippen molar-refractivity contribution >= 4 is 55.6 Å². The van der Waals surface area contributed by atoms with Crippen molar-refractivity contribution in [2.24, 2.45) is 0 Å². The normalized spacial score (nSPS) is 13.7. The predicted molar refractivity (Wildman–Crippen MR) is 172 cm³/mol. The molecule has 0 aliphatic heterocycles. The number of hydrogen-bond donors (Lipinski definition) is 0. The minimum atomic E-state index is -0.0497. The van der Waals surface area contributed by atoms with Crippen molar-refractivity contribution in [1.29, 1.82) is 0 Å². The average Bonchev–Trinajstić information content (AvgIpc) is 3.68. The van der Waals surface area contributed by atoms with Gasteiger partial charge in [-0.1, -0.05) is 86.6 Å². The van der Waals surface area contributed by atoms with E-state index in [-0.39, 0.29) is 5.41 Å². The van der Waals surface area contributed by atoms with E-state index in [2.05, 4.69) is 139 Å². The number of fused-ring (bicyclic) bond motifs is 9. The number of nitrogens with zero attached hydrogens (tertiary/aromatic N) is 3. The molecule has 200 valence electrons. The van der Waals surface area contributed by atoms with Gasteiger partial charge in [0.1, 0.15) is 11.2 Å². The van der Waals surface area contributed by atoms with E-state index in [0.29, 0.717) is 0 Å². The second-order valence-corrected chi connectivity index (χ2v) is 11.7. The summed E-state index contributed by atoms with van der Waals surface area (Å²) in [6, 6.07) is 45.2. The smallest absolute Gasteiger partial charge is 0.160 e. The zero-order valence-electron chi connectivity index (χ0n) is 23.4. The van der Waals surface area contributed by atoms with Crippen LogP contribution in [0.2, 0.25) is 0 Å². The number of rotatable bonds is 3. The molecule has 0 bridgehead atoms. The van der Waals surface area contributed by atoms with Crippen LogP contribution in [-0.2, 0) is 5.41 Å². The molecule has 1 aliphatic carbocycles. The van der Waals surface area contributed by atoms with Crippen LogP contribution in [0.3, 0.4) is 0 Å². The number of pyridine rings is 1. The van der Waals surface area contributed by atoms with Gasteiger partial charge in [0.2, 0.25) is 0 Å². The van der Waals surface area contributed by atoms with Crippen LogP contribution in [0.15, 0.2) is 132 Å². The van der Waals surface area contributed by atoms with E-state index < -0.39 is 0 Å². The SMILES string of the molecule is CC1(C)c2ccccc2-c2cc(N(c3ccc4oc5ccccc5c4c3)c3cc4ccc5ccccc5n4n3)ccc21. The molecule has 42 heavy (non-hydrogen) atoms. The molecule has 4 heteroatoms. The van der Waals surface area contributed by atoms with Gasteiger partial charge in [0.05, 0.1) is 11.0 Å². The van der Waals surface area contributed by atoms with E-state index in [9.17, 15) is 0 Å². The molecular formula is C38H27N3O. The zero-order valence-corrected chi connectivity index (χ0v) is 23.4. The third-order valence-electron chi connectivity index (χ3n) is 9.00. The fraction of sp³-hybridized carbons (Fsp3) is 0.0789. The van der Waals surface area contributed by atoms with Crippen LogP contribution >= 0.6 is 0 Å². The van der Waals surface area contributed by atoms with Crippen molar-refractivity contribution in [1.82, 2.24) is 9.61 Å². The Balaban J connectivity index is 1.31. The van der Waals surface area contributed by atoms with Gasteiger partial charge in [-0.3, -0.25) is 4.90 Å². The topological polar surface area (TPSA) is 33.7 Å². The number of aromatic nitrogens is 2. The Morgan fingerprint density at radius 1 is 0.619 bits per heavy atom. The zero-order chi connectivity index (χ0) is 28.0.